The summed E-state index contributed by atoms with van der Waals surface area (Å²) >= 11 is 0. The lowest BCUT2D eigenvalue weighted by Gasteiger charge is -2.27. The number of hydrazine groups is 1. The van der Waals surface area contributed by atoms with E-state index in [4.69, 9.17) is 10.2 Å². The monoisotopic (exact) mass is 256 g/mol. The molecule has 5 N–H and O–H groups in total. The molecule has 0 bridgehead atoms. The molecular weight excluding hydrogens is 236 g/mol. The Hall–Kier alpha value is -1.18. The summed E-state index contributed by atoms with van der Waals surface area (Å²) in [5.41, 5.74) is 3.80. The zero-order valence-corrected chi connectivity index (χ0v) is 10.1. The zero-order valence-electron chi connectivity index (χ0n) is 10.1. The van der Waals surface area contributed by atoms with Crippen LogP contribution in [0.15, 0.2) is 30.3 Å². The van der Waals surface area contributed by atoms with Gasteiger partial charge in [0.2, 0.25) is 0 Å². The van der Waals surface area contributed by atoms with Gasteiger partial charge in [-0.1, -0.05) is 18.2 Å². The number of para-hydroxylation sites is 1. The predicted molar refractivity (Wildman–Crippen MR) is 67.8 cm³/mol. The molecule has 0 radical (unpaired) electrons. The maximum absolute atomic E-state index is 9.42. The van der Waals surface area contributed by atoms with Crippen molar-refractivity contribution in [1.29, 1.82) is 0 Å². The Morgan fingerprint density at radius 3 is 1.89 bits per heavy atom. The van der Waals surface area contributed by atoms with Crippen LogP contribution in [0.5, 0.6) is 0 Å². The molecule has 0 saturated carbocycles. The van der Waals surface area contributed by atoms with E-state index < -0.39 is 12.2 Å². The van der Waals surface area contributed by atoms with Gasteiger partial charge in [0, 0.05) is 18.8 Å². The first-order valence-electron chi connectivity index (χ1n) is 5.80. The fourth-order valence-corrected chi connectivity index (χ4v) is 1.49. The van der Waals surface area contributed by atoms with Crippen LogP contribution >= 0.6 is 0 Å². The highest BCUT2D eigenvalue weighted by Gasteiger charge is 2.14. The zero-order chi connectivity index (χ0) is 13.4. The smallest absolute Gasteiger partial charge is 0.0915 e. The molecule has 0 saturated heterocycles. The quantitative estimate of drug-likeness (QED) is 0.384. The third-order valence-corrected chi connectivity index (χ3v) is 2.34. The average Bonchev–Trinajstić information content (AvgIpc) is 2.39. The molecule has 6 heteroatoms. The molecule has 2 unspecified atom stereocenters. The van der Waals surface area contributed by atoms with Gasteiger partial charge in [-0.2, -0.15) is 0 Å². The van der Waals surface area contributed by atoms with Crippen molar-refractivity contribution in [2.24, 2.45) is 0 Å². The predicted octanol–water partition coefficient (Wildman–Crippen LogP) is -0.978. The standard InChI is InChI=1S/C12H20N2O4/c15-8-11(17)6-14(7-12(18)9-16)13-10-4-2-1-3-5-10/h1-5,11-13,15-18H,6-9H2. The van der Waals surface area contributed by atoms with Gasteiger partial charge in [0.05, 0.1) is 25.4 Å². The molecule has 0 aliphatic rings. The molecule has 1 aromatic rings. The molecule has 0 fully saturated rings. The number of aliphatic hydroxyl groups is 4. The van der Waals surface area contributed by atoms with Crippen molar-refractivity contribution in [2.45, 2.75) is 12.2 Å². The summed E-state index contributed by atoms with van der Waals surface area (Å²) in [7, 11) is 0. The second-order valence-corrected chi connectivity index (χ2v) is 4.06. The third-order valence-electron chi connectivity index (χ3n) is 2.34. The van der Waals surface area contributed by atoms with Crippen molar-refractivity contribution < 1.29 is 20.4 Å². The summed E-state index contributed by atoms with van der Waals surface area (Å²) in [5.74, 6) is 0. The lowest BCUT2D eigenvalue weighted by atomic mass is 10.3. The van der Waals surface area contributed by atoms with Gasteiger partial charge in [-0.15, -0.1) is 0 Å². The Labute approximate surface area is 106 Å². The summed E-state index contributed by atoms with van der Waals surface area (Å²) in [6.45, 7) is -0.435. The minimum absolute atomic E-state index is 0.141. The molecule has 0 amide bonds. The minimum Gasteiger partial charge on any atom is -0.394 e. The van der Waals surface area contributed by atoms with Crippen LogP contribution in [0, 0.1) is 0 Å². The Morgan fingerprint density at radius 1 is 0.944 bits per heavy atom. The van der Waals surface area contributed by atoms with E-state index in [1.54, 1.807) is 5.01 Å². The van der Waals surface area contributed by atoms with Crippen LogP contribution in [0.1, 0.15) is 0 Å². The molecule has 2 atom stereocenters. The maximum Gasteiger partial charge on any atom is 0.0915 e. The van der Waals surface area contributed by atoms with Gasteiger partial charge in [-0.3, -0.25) is 0 Å². The molecule has 1 aromatic carbocycles. The normalized spacial score (nSPS) is 14.5. The van der Waals surface area contributed by atoms with E-state index in [2.05, 4.69) is 5.43 Å². The summed E-state index contributed by atoms with van der Waals surface area (Å²) in [5, 5.41) is 38.0. The summed E-state index contributed by atoms with van der Waals surface area (Å²) < 4.78 is 0. The van der Waals surface area contributed by atoms with Crippen molar-refractivity contribution in [3.05, 3.63) is 30.3 Å². The Kier molecular flexibility index (Phi) is 6.63. The van der Waals surface area contributed by atoms with Gasteiger partial charge in [-0.25, -0.2) is 5.01 Å². The molecule has 18 heavy (non-hydrogen) atoms. The van der Waals surface area contributed by atoms with Gasteiger partial charge in [-0.05, 0) is 12.1 Å². The molecular formula is C12H20N2O4. The van der Waals surface area contributed by atoms with E-state index in [0.29, 0.717) is 0 Å². The molecule has 6 nitrogen and oxygen atoms in total. The molecule has 0 heterocycles. The van der Waals surface area contributed by atoms with Crippen LogP contribution in [-0.2, 0) is 0 Å². The summed E-state index contributed by atoms with van der Waals surface area (Å²) in [4.78, 5) is 0. The first-order chi connectivity index (χ1) is 8.65. The Morgan fingerprint density at radius 2 is 1.44 bits per heavy atom. The lowest BCUT2D eigenvalue weighted by molar-refractivity contribution is 0.0322. The van der Waals surface area contributed by atoms with Crippen LogP contribution in [0.4, 0.5) is 5.69 Å². The van der Waals surface area contributed by atoms with Crippen LogP contribution in [0.25, 0.3) is 0 Å². The van der Waals surface area contributed by atoms with Crippen molar-refractivity contribution in [1.82, 2.24) is 5.01 Å². The number of nitrogens with zero attached hydrogens (tertiary/aromatic N) is 1. The summed E-state index contributed by atoms with van der Waals surface area (Å²) in [6, 6.07) is 9.25. The van der Waals surface area contributed by atoms with Crippen molar-refractivity contribution in [3.63, 3.8) is 0 Å². The second-order valence-electron chi connectivity index (χ2n) is 4.06. The number of anilines is 1. The fourth-order valence-electron chi connectivity index (χ4n) is 1.49. The highest BCUT2D eigenvalue weighted by Crippen LogP contribution is 2.07. The number of benzene rings is 1. The van der Waals surface area contributed by atoms with E-state index in [9.17, 15) is 10.2 Å². The number of hydrogen-bond donors (Lipinski definition) is 5. The van der Waals surface area contributed by atoms with Gasteiger partial charge >= 0.3 is 0 Å². The molecule has 0 aliphatic carbocycles. The molecule has 0 aliphatic heterocycles. The molecule has 0 aromatic heterocycles. The van der Waals surface area contributed by atoms with E-state index in [1.807, 2.05) is 30.3 Å². The van der Waals surface area contributed by atoms with Crippen molar-refractivity contribution in [2.75, 3.05) is 31.7 Å². The average molecular weight is 256 g/mol. The fraction of sp³-hybridized carbons (Fsp3) is 0.500. The first-order valence-corrected chi connectivity index (χ1v) is 5.80. The summed E-state index contributed by atoms with van der Waals surface area (Å²) in [6.07, 6.45) is -1.82. The number of nitrogens with one attached hydrogen (secondary N) is 1. The van der Waals surface area contributed by atoms with Gasteiger partial charge in [0.15, 0.2) is 0 Å². The first kappa shape index (κ1) is 14.9. The van der Waals surface area contributed by atoms with Gasteiger partial charge < -0.3 is 25.9 Å². The Balaban J connectivity index is 2.59. The lowest BCUT2D eigenvalue weighted by Crippen LogP contribution is -2.43. The SMILES string of the molecule is OCC(O)CN(CC(O)CO)Nc1ccccc1. The van der Waals surface area contributed by atoms with Crippen molar-refractivity contribution in [3.8, 4) is 0 Å². The van der Waals surface area contributed by atoms with E-state index in [-0.39, 0.29) is 26.3 Å². The number of rotatable bonds is 8. The highest BCUT2D eigenvalue weighted by molar-refractivity contribution is 5.41. The maximum atomic E-state index is 9.42. The van der Waals surface area contributed by atoms with Crippen LogP contribution in [-0.4, -0.2) is 63.9 Å². The van der Waals surface area contributed by atoms with Crippen LogP contribution in [0.3, 0.4) is 0 Å². The molecule has 0 spiro atoms. The van der Waals surface area contributed by atoms with Gasteiger partial charge in [0.25, 0.3) is 0 Å². The number of hydrogen-bond acceptors (Lipinski definition) is 6. The molecule has 102 valence electrons. The van der Waals surface area contributed by atoms with E-state index >= 15 is 0 Å². The van der Waals surface area contributed by atoms with E-state index in [1.165, 1.54) is 0 Å². The Bertz CT molecular complexity index is 311. The van der Waals surface area contributed by atoms with E-state index in [0.717, 1.165) is 5.69 Å². The third kappa shape index (κ3) is 5.44. The minimum atomic E-state index is -0.910. The van der Waals surface area contributed by atoms with Crippen LogP contribution < -0.4 is 5.43 Å². The topological polar surface area (TPSA) is 96.2 Å². The van der Waals surface area contributed by atoms with Crippen molar-refractivity contribution >= 4 is 5.69 Å². The van der Waals surface area contributed by atoms with Gasteiger partial charge in [0.1, 0.15) is 0 Å². The number of aliphatic hydroxyl groups excluding tert-OH is 4. The van der Waals surface area contributed by atoms with Crippen LogP contribution in [0.2, 0.25) is 0 Å². The molecule has 1 rings (SSSR count). The highest BCUT2D eigenvalue weighted by atomic mass is 16.3. The largest absolute Gasteiger partial charge is 0.394 e. The second kappa shape index (κ2) is 8.02.